The van der Waals surface area contributed by atoms with E-state index in [4.69, 9.17) is 4.84 Å². The minimum absolute atomic E-state index is 0.135. The molecule has 0 aliphatic heterocycles. The van der Waals surface area contributed by atoms with Gasteiger partial charge in [-0.1, -0.05) is 6.07 Å². The van der Waals surface area contributed by atoms with Crippen molar-refractivity contribution < 1.29 is 9.94 Å². The lowest BCUT2D eigenvalue weighted by Crippen LogP contribution is -2.19. The van der Waals surface area contributed by atoms with Gasteiger partial charge in [0.1, 0.15) is 5.75 Å². The summed E-state index contributed by atoms with van der Waals surface area (Å²) in [5, 5.41) is 10.9. The van der Waals surface area contributed by atoms with Crippen LogP contribution in [0.25, 0.3) is 0 Å². The molecule has 88 valence electrons. The molecule has 0 saturated heterocycles. The average molecular weight is 231 g/mol. The van der Waals surface area contributed by atoms with E-state index in [1.165, 1.54) is 23.4 Å². The first-order chi connectivity index (χ1) is 8.31. The highest BCUT2D eigenvalue weighted by Gasteiger charge is 2.12. The smallest absolute Gasteiger partial charge is 0.163 e. The van der Waals surface area contributed by atoms with Crippen LogP contribution in [0.4, 0.5) is 11.6 Å². The van der Waals surface area contributed by atoms with E-state index in [2.05, 4.69) is 9.97 Å². The zero-order chi connectivity index (χ0) is 12.1. The summed E-state index contributed by atoms with van der Waals surface area (Å²) in [4.78, 5) is 13.8. The van der Waals surface area contributed by atoms with Crippen LogP contribution in [0.15, 0.2) is 42.7 Å². The number of aromatic hydroxyl groups is 1. The number of pyridine rings is 2. The molecule has 2 aromatic heterocycles. The van der Waals surface area contributed by atoms with E-state index >= 15 is 0 Å². The molecule has 2 aromatic rings. The standard InChI is InChI=1S/C12H13N3O2/c1-2-17-15(11-5-3-4-7-13-11)12-9-10(16)6-8-14-12/h3-9H,2H2,1H3,(H,14,16). The molecule has 0 radical (unpaired) electrons. The number of hydrogen-bond acceptors (Lipinski definition) is 5. The second-order valence-corrected chi connectivity index (χ2v) is 3.27. The van der Waals surface area contributed by atoms with E-state index in [0.29, 0.717) is 18.2 Å². The number of rotatable bonds is 4. The molecule has 0 amide bonds. The van der Waals surface area contributed by atoms with Gasteiger partial charge in [0.15, 0.2) is 11.6 Å². The normalized spacial score (nSPS) is 10.2. The summed E-state index contributed by atoms with van der Waals surface area (Å²) in [5.74, 6) is 1.24. The van der Waals surface area contributed by atoms with Crippen molar-refractivity contribution >= 4 is 11.6 Å². The van der Waals surface area contributed by atoms with Crippen LogP contribution in [0.5, 0.6) is 5.75 Å². The van der Waals surface area contributed by atoms with Crippen LogP contribution in [-0.4, -0.2) is 21.7 Å². The number of aromatic nitrogens is 2. The van der Waals surface area contributed by atoms with Crippen LogP contribution in [-0.2, 0) is 4.84 Å². The van der Waals surface area contributed by atoms with E-state index < -0.39 is 0 Å². The molecule has 0 bridgehead atoms. The molecule has 5 heteroatoms. The van der Waals surface area contributed by atoms with Crippen molar-refractivity contribution in [2.45, 2.75) is 6.92 Å². The Morgan fingerprint density at radius 2 is 2.00 bits per heavy atom. The van der Waals surface area contributed by atoms with Gasteiger partial charge < -0.3 is 5.11 Å². The van der Waals surface area contributed by atoms with Crippen molar-refractivity contribution in [1.82, 2.24) is 9.97 Å². The molecular weight excluding hydrogens is 218 g/mol. The summed E-state index contributed by atoms with van der Waals surface area (Å²) in [6, 6.07) is 8.51. The molecule has 0 spiro atoms. The third-order valence-corrected chi connectivity index (χ3v) is 2.05. The predicted octanol–water partition coefficient (Wildman–Crippen LogP) is 2.27. The molecule has 1 N–H and O–H groups in total. The van der Waals surface area contributed by atoms with Gasteiger partial charge in [0, 0.05) is 18.5 Å². The Morgan fingerprint density at radius 3 is 2.65 bits per heavy atom. The monoisotopic (exact) mass is 231 g/mol. The molecular formula is C12H13N3O2. The van der Waals surface area contributed by atoms with Gasteiger partial charge in [0.25, 0.3) is 0 Å². The number of nitrogens with zero attached hydrogens (tertiary/aromatic N) is 3. The highest BCUT2D eigenvalue weighted by Crippen LogP contribution is 2.23. The fraction of sp³-hybridized carbons (Fsp3) is 0.167. The van der Waals surface area contributed by atoms with E-state index in [0.717, 1.165) is 0 Å². The first kappa shape index (κ1) is 11.3. The minimum atomic E-state index is 0.135. The van der Waals surface area contributed by atoms with Crippen LogP contribution < -0.4 is 5.06 Å². The summed E-state index contributed by atoms with van der Waals surface area (Å²) in [5.41, 5.74) is 0. The van der Waals surface area contributed by atoms with Gasteiger partial charge in [-0.15, -0.1) is 0 Å². The second-order valence-electron chi connectivity index (χ2n) is 3.27. The van der Waals surface area contributed by atoms with E-state index in [9.17, 15) is 5.11 Å². The maximum Gasteiger partial charge on any atom is 0.163 e. The van der Waals surface area contributed by atoms with Crippen LogP contribution in [0.2, 0.25) is 0 Å². The lowest BCUT2D eigenvalue weighted by Gasteiger charge is -2.20. The van der Waals surface area contributed by atoms with Crippen LogP contribution in [0.1, 0.15) is 6.92 Å². The van der Waals surface area contributed by atoms with Crippen molar-refractivity contribution in [2.75, 3.05) is 11.7 Å². The van der Waals surface area contributed by atoms with Crippen LogP contribution >= 0.6 is 0 Å². The molecule has 2 heterocycles. The maximum absolute atomic E-state index is 9.43. The maximum atomic E-state index is 9.43. The molecule has 0 unspecified atom stereocenters. The summed E-state index contributed by atoms with van der Waals surface area (Å²) in [6.45, 7) is 2.35. The third-order valence-electron chi connectivity index (χ3n) is 2.05. The Bertz CT molecular complexity index is 476. The zero-order valence-electron chi connectivity index (χ0n) is 9.45. The summed E-state index contributed by atoms with van der Waals surface area (Å²) in [6.07, 6.45) is 3.18. The van der Waals surface area contributed by atoms with Crippen LogP contribution in [0.3, 0.4) is 0 Å². The molecule has 17 heavy (non-hydrogen) atoms. The van der Waals surface area contributed by atoms with Gasteiger partial charge in [-0.3, -0.25) is 4.84 Å². The Kier molecular flexibility index (Phi) is 3.52. The fourth-order valence-corrected chi connectivity index (χ4v) is 1.37. The van der Waals surface area contributed by atoms with Gasteiger partial charge in [0.2, 0.25) is 0 Å². The van der Waals surface area contributed by atoms with Crippen LogP contribution in [0, 0.1) is 0 Å². The minimum Gasteiger partial charge on any atom is -0.508 e. The Labute approximate surface area is 99.3 Å². The Morgan fingerprint density at radius 1 is 1.18 bits per heavy atom. The number of anilines is 2. The molecule has 0 aliphatic carbocycles. The highest BCUT2D eigenvalue weighted by molar-refractivity contribution is 5.53. The zero-order valence-corrected chi connectivity index (χ0v) is 9.45. The predicted molar refractivity (Wildman–Crippen MR) is 63.9 cm³/mol. The topological polar surface area (TPSA) is 58.5 Å². The first-order valence-corrected chi connectivity index (χ1v) is 5.30. The van der Waals surface area contributed by atoms with Gasteiger partial charge >= 0.3 is 0 Å². The fourth-order valence-electron chi connectivity index (χ4n) is 1.37. The summed E-state index contributed by atoms with van der Waals surface area (Å²) in [7, 11) is 0. The lowest BCUT2D eigenvalue weighted by atomic mass is 10.4. The third kappa shape index (κ3) is 2.70. The SMILES string of the molecule is CCON(c1ccccn1)c1cc(O)ccn1. The molecule has 0 fully saturated rings. The van der Waals surface area contributed by atoms with Gasteiger partial charge in [0.05, 0.1) is 6.61 Å². The van der Waals surface area contributed by atoms with Crippen molar-refractivity contribution in [1.29, 1.82) is 0 Å². The molecule has 2 rings (SSSR count). The largest absolute Gasteiger partial charge is 0.508 e. The molecule has 0 saturated carbocycles. The molecule has 0 aromatic carbocycles. The highest BCUT2D eigenvalue weighted by atomic mass is 16.7. The Balaban J connectivity index is 2.35. The van der Waals surface area contributed by atoms with Crippen molar-refractivity contribution in [3.63, 3.8) is 0 Å². The molecule has 5 nitrogen and oxygen atoms in total. The number of hydrogen-bond donors (Lipinski definition) is 1. The van der Waals surface area contributed by atoms with Crippen molar-refractivity contribution in [2.24, 2.45) is 0 Å². The van der Waals surface area contributed by atoms with Crippen molar-refractivity contribution in [3.05, 3.63) is 42.7 Å². The van der Waals surface area contributed by atoms with Gasteiger partial charge in [-0.2, -0.15) is 5.06 Å². The quantitative estimate of drug-likeness (QED) is 0.818. The first-order valence-electron chi connectivity index (χ1n) is 5.30. The summed E-state index contributed by atoms with van der Waals surface area (Å²) < 4.78 is 0. The van der Waals surface area contributed by atoms with E-state index in [1.54, 1.807) is 12.3 Å². The lowest BCUT2D eigenvalue weighted by molar-refractivity contribution is 0.145. The Hall–Kier alpha value is -2.14. The summed E-state index contributed by atoms with van der Waals surface area (Å²) >= 11 is 0. The molecule has 0 atom stereocenters. The van der Waals surface area contributed by atoms with Gasteiger partial charge in [-0.05, 0) is 25.1 Å². The van der Waals surface area contributed by atoms with Gasteiger partial charge in [-0.25, -0.2) is 9.97 Å². The van der Waals surface area contributed by atoms with E-state index in [1.807, 2.05) is 19.1 Å². The van der Waals surface area contributed by atoms with Crippen molar-refractivity contribution in [3.8, 4) is 5.75 Å². The molecule has 0 aliphatic rings. The second kappa shape index (κ2) is 5.27. The average Bonchev–Trinajstić information content (AvgIpc) is 2.37. The van der Waals surface area contributed by atoms with E-state index in [-0.39, 0.29) is 5.75 Å².